The van der Waals surface area contributed by atoms with Gasteiger partial charge in [-0.25, -0.2) is 0 Å². The standard InChI is InChI=1S/C39H36Si3/c1-7-19-34(20-8-1)40(35-21-9-2-10-22-35)31-41(36-23-11-3-12-24-36,37-25-13-4-14-26-37)33-42(32-40,38-27-15-5-16-28-38)39-29-17-6-18-30-39/h1-30H,31-33H2. The van der Waals surface area contributed by atoms with Crippen LogP contribution in [0.25, 0.3) is 0 Å². The molecule has 0 atom stereocenters. The number of benzene rings is 6. The molecular weight excluding hydrogens is 553 g/mol. The fourth-order valence-corrected chi connectivity index (χ4v) is 41.0. The summed E-state index contributed by atoms with van der Waals surface area (Å²) in [7, 11) is -6.94. The molecule has 0 radical (unpaired) electrons. The zero-order valence-electron chi connectivity index (χ0n) is 23.9. The van der Waals surface area contributed by atoms with Gasteiger partial charge in [0.25, 0.3) is 0 Å². The van der Waals surface area contributed by atoms with Gasteiger partial charge in [0.15, 0.2) is 0 Å². The predicted molar refractivity (Wildman–Crippen MR) is 188 cm³/mol. The summed E-state index contributed by atoms with van der Waals surface area (Å²) in [6, 6.07) is 70.1. The van der Waals surface area contributed by atoms with Crippen molar-refractivity contribution in [3.8, 4) is 0 Å². The molecule has 42 heavy (non-hydrogen) atoms. The van der Waals surface area contributed by atoms with Gasteiger partial charge >= 0.3 is 0 Å². The van der Waals surface area contributed by atoms with Crippen LogP contribution in [-0.2, 0) is 0 Å². The number of hydrogen-bond acceptors (Lipinski definition) is 0. The van der Waals surface area contributed by atoms with Crippen LogP contribution in [0.1, 0.15) is 0 Å². The molecule has 0 nitrogen and oxygen atoms in total. The summed E-state index contributed by atoms with van der Waals surface area (Å²) in [4.78, 5) is 0. The van der Waals surface area contributed by atoms with E-state index >= 15 is 0 Å². The van der Waals surface area contributed by atoms with Crippen LogP contribution in [-0.4, -0.2) is 24.2 Å². The summed E-state index contributed by atoms with van der Waals surface area (Å²) in [5.74, 6) is 0. The maximum atomic E-state index is 2.47. The Morgan fingerprint density at radius 3 is 0.500 bits per heavy atom. The van der Waals surface area contributed by atoms with Crippen LogP contribution in [0, 0.1) is 0 Å². The molecule has 1 saturated heterocycles. The Labute approximate surface area is 253 Å². The van der Waals surface area contributed by atoms with Gasteiger partial charge in [-0.15, -0.1) is 0 Å². The van der Waals surface area contributed by atoms with E-state index in [1.165, 1.54) is 17.0 Å². The monoisotopic (exact) mass is 588 g/mol. The highest BCUT2D eigenvalue weighted by Crippen LogP contribution is 2.40. The second kappa shape index (κ2) is 11.3. The fraction of sp³-hybridized carbons (Fsp3) is 0.0769. The van der Waals surface area contributed by atoms with Gasteiger partial charge in [0.2, 0.25) is 0 Å². The van der Waals surface area contributed by atoms with Gasteiger partial charge in [-0.05, 0) is 17.0 Å². The Hall–Kier alpha value is -4.03. The highest BCUT2D eigenvalue weighted by molar-refractivity contribution is 7.32. The lowest BCUT2D eigenvalue weighted by Crippen LogP contribution is -2.82. The average molecular weight is 589 g/mol. The highest BCUT2D eigenvalue weighted by Gasteiger charge is 2.61. The second-order valence-corrected chi connectivity index (χ2v) is 26.2. The quantitative estimate of drug-likeness (QED) is 0.229. The maximum absolute atomic E-state index is 2.47. The Bertz CT molecular complexity index is 1380. The summed E-state index contributed by atoms with van der Waals surface area (Å²) >= 11 is 0. The molecule has 204 valence electrons. The molecule has 1 heterocycles. The van der Waals surface area contributed by atoms with Gasteiger partial charge in [-0.1, -0.05) is 213 Å². The van der Waals surface area contributed by atoms with E-state index in [1.807, 2.05) is 0 Å². The first-order valence-electron chi connectivity index (χ1n) is 15.1. The van der Waals surface area contributed by atoms with Crippen LogP contribution >= 0.6 is 0 Å². The molecule has 0 spiro atoms. The van der Waals surface area contributed by atoms with Crippen molar-refractivity contribution in [2.24, 2.45) is 0 Å². The van der Waals surface area contributed by atoms with Crippen molar-refractivity contribution in [3.05, 3.63) is 182 Å². The van der Waals surface area contributed by atoms with Crippen LogP contribution in [0.3, 0.4) is 0 Å². The molecule has 7 rings (SSSR count). The predicted octanol–water partition coefficient (Wildman–Crippen LogP) is 5.41. The second-order valence-electron chi connectivity index (χ2n) is 12.0. The minimum atomic E-state index is -2.31. The summed E-state index contributed by atoms with van der Waals surface area (Å²) < 4.78 is 0. The van der Waals surface area contributed by atoms with Crippen LogP contribution in [0.5, 0.6) is 0 Å². The molecule has 0 N–H and O–H groups in total. The number of hydrogen-bond donors (Lipinski definition) is 0. The largest absolute Gasteiger partial charge is 0.114 e. The molecular formula is C39H36Si3. The maximum Gasteiger partial charge on any atom is 0.114 e. The van der Waals surface area contributed by atoms with E-state index in [4.69, 9.17) is 0 Å². The lowest BCUT2D eigenvalue weighted by molar-refractivity contribution is 1.42. The van der Waals surface area contributed by atoms with Crippen molar-refractivity contribution in [1.29, 1.82) is 0 Å². The third-order valence-corrected chi connectivity index (χ3v) is 32.9. The molecule has 6 aromatic rings. The van der Waals surface area contributed by atoms with Crippen LogP contribution in [0.2, 0.25) is 17.0 Å². The molecule has 0 amide bonds. The van der Waals surface area contributed by atoms with E-state index in [-0.39, 0.29) is 0 Å². The first-order valence-corrected chi connectivity index (χ1v) is 22.3. The lowest BCUT2D eigenvalue weighted by atomic mass is 10.4. The molecule has 1 aliphatic heterocycles. The third kappa shape index (κ3) is 4.58. The smallest absolute Gasteiger partial charge is 0.0626 e. The van der Waals surface area contributed by atoms with Crippen LogP contribution in [0.15, 0.2) is 182 Å². The van der Waals surface area contributed by atoms with Gasteiger partial charge in [0, 0.05) is 0 Å². The van der Waals surface area contributed by atoms with Crippen molar-refractivity contribution in [2.45, 2.75) is 17.0 Å². The van der Waals surface area contributed by atoms with Crippen LogP contribution in [0.4, 0.5) is 0 Å². The molecule has 0 aliphatic carbocycles. The van der Waals surface area contributed by atoms with E-state index in [2.05, 4.69) is 182 Å². The van der Waals surface area contributed by atoms with Crippen molar-refractivity contribution < 1.29 is 0 Å². The molecule has 0 unspecified atom stereocenters. The molecule has 0 saturated carbocycles. The normalized spacial score (nSPS) is 16.9. The zero-order chi connectivity index (χ0) is 28.3. The molecule has 6 aromatic carbocycles. The van der Waals surface area contributed by atoms with Gasteiger partial charge in [-0.3, -0.25) is 0 Å². The van der Waals surface area contributed by atoms with Gasteiger partial charge < -0.3 is 0 Å². The van der Waals surface area contributed by atoms with Gasteiger partial charge in [0.1, 0.15) is 24.2 Å². The third-order valence-electron chi connectivity index (χ3n) is 9.77. The van der Waals surface area contributed by atoms with Crippen molar-refractivity contribution in [1.82, 2.24) is 0 Å². The fourth-order valence-electron chi connectivity index (χ4n) is 8.00. The Balaban J connectivity index is 1.64. The Morgan fingerprint density at radius 1 is 0.214 bits per heavy atom. The van der Waals surface area contributed by atoms with Crippen molar-refractivity contribution >= 4 is 55.3 Å². The highest BCUT2D eigenvalue weighted by atomic mass is 28.5. The zero-order valence-corrected chi connectivity index (χ0v) is 26.9. The summed E-state index contributed by atoms with van der Waals surface area (Å²) in [6.07, 6.45) is 0. The molecule has 1 aliphatic rings. The van der Waals surface area contributed by atoms with E-state index in [1.54, 1.807) is 31.1 Å². The van der Waals surface area contributed by atoms with E-state index < -0.39 is 24.2 Å². The summed E-state index contributed by atoms with van der Waals surface area (Å²) in [6.45, 7) is 0. The molecule has 0 aromatic heterocycles. The Kier molecular flexibility index (Phi) is 7.24. The minimum Gasteiger partial charge on any atom is -0.0626 e. The first-order chi connectivity index (χ1) is 20.8. The molecule has 3 heteroatoms. The summed E-state index contributed by atoms with van der Waals surface area (Å²) in [5.41, 5.74) is 3.86. The average Bonchev–Trinajstić information content (AvgIpc) is 3.10. The lowest BCUT2D eigenvalue weighted by Gasteiger charge is -2.55. The van der Waals surface area contributed by atoms with E-state index in [0.717, 1.165) is 0 Å². The Morgan fingerprint density at radius 2 is 0.357 bits per heavy atom. The van der Waals surface area contributed by atoms with E-state index in [9.17, 15) is 0 Å². The molecule has 1 fully saturated rings. The first kappa shape index (κ1) is 26.8. The number of rotatable bonds is 6. The van der Waals surface area contributed by atoms with Crippen molar-refractivity contribution in [2.75, 3.05) is 0 Å². The van der Waals surface area contributed by atoms with Gasteiger partial charge in [0.05, 0.1) is 0 Å². The molecule has 0 bridgehead atoms. The van der Waals surface area contributed by atoms with Gasteiger partial charge in [-0.2, -0.15) is 0 Å². The van der Waals surface area contributed by atoms with Crippen LogP contribution < -0.4 is 31.1 Å². The van der Waals surface area contributed by atoms with E-state index in [0.29, 0.717) is 0 Å². The SMILES string of the molecule is c1ccc([Si]2(c3ccccc3)C[Si](c3ccccc3)(c3ccccc3)C[Si](c3ccccc3)(c3ccccc3)C2)cc1. The van der Waals surface area contributed by atoms with Crippen molar-refractivity contribution in [3.63, 3.8) is 0 Å². The minimum absolute atomic E-state index is 1.29. The topological polar surface area (TPSA) is 0 Å². The summed E-state index contributed by atoms with van der Waals surface area (Å²) in [5, 5.41) is 9.52.